The third kappa shape index (κ3) is 2.39. The minimum Gasteiger partial charge on any atom is -0.481 e. The molecule has 1 aliphatic carbocycles. The van der Waals surface area contributed by atoms with Crippen molar-refractivity contribution < 1.29 is 19.1 Å². The molecule has 1 amide bonds. The van der Waals surface area contributed by atoms with Crippen LogP contribution in [0.25, 0.3) is 11.0 Å². The molecule has 1 unspecified atom stereocenters. The van der Waals surface area contributed by atoms with Crippen LogP contribution in [0, 0.1) is 11.8 Å². The molecule has 5 nitrogen and oxygen atoms in total. The zero-order chi connectivity index (χ0) is 15.1. The van der Waals surface area contributed by atoms with Crippen molar-refractivity contribution in [1.82, 2.24) is 4.90 Å². The van der Waals surface area contributed by atoms with E-state index in [-0.39, 0.29) is 17.9 Å². The molecule has 1 aromatic carbocycles. The number of hydrogen-bond acceptors (Lipinski definition) is 3. The number of fused-ring (bicyclic) bond motifs is 1. The highest BCUT2D eigenvalue weighted by Gasteiger charge is 2.50. The Morgan fingerprint density at radius 3 is 2.67 bits per heavy atom. The van der Waals surface area contributed by atoms with Crippen molar-refractivity contribution in [3.8, 4) is 0 Å². The Bertz CT molecular complexity index is 672. The number of benzene rings is 1. The van der Waals surface area contributed by atoms with Crippen LogP contribution >= 0.6 is 0 Å². The minimum absolute atomic E-state index is 0.129. The lowest BCUT2D eigenvalue weighted by atomic mass is 10.2. The van der Waals surface area contributed by atoms with Crippen LogP contribution in [0.1, 0.15) is 25.1 Å². The molecule has 0 saturated heterocycles. The number of aliphatic carboxylic acids is 1. The van der Waals surface area contributed by atoms with E-state index in [4.69, 9.17) is 9.52 Å². The Balaban J connectivity index is 1.76. The minimum atomic E-state index is -0.891. The van der Waals surface area contributed by atoms with Gasteiger partial charge in [-0.2, -0.15) is 0 Å². The molecule has 0 radical (unpaired) electrons. The Morgan fingerprint density at radius 2 is 2.05 bits per heavy atom. The number of amides is 1. The molecule has 2 aromatic rings. The van der Waals surface area contributed by atoms with Crippen molar-refractivity contribution in [3.63, 3.8) is 0 Å². The quantitative estimate of drug-likeness (QED) is 0.938. The summed E-state index contributed by atoms with van der Waals surface area (Å²) in [5.74, 6) is -1.23. The predicted molar refractivity (Wildman–Crippen MR) is 76.6 cm³/mol. The highest BCUT2D eigenvalue weighted by Crippen LogP contribution is 2.41. The molecule has 1 heterocycles. The van der Waals surface area contributed by atoms with E-state index in [1.54, 1.807) is 11.9 Å². The SMILES string of the molecule is CC(c1cc2ccccc2o1)N(C)C(=O)[C@@H]1C[C@@H]1C(=O)O. The predicted octanol–water partition coefficient (Wildman–Crippen LogP) is 2.67. The number of para-hydroxylation sites is 1. The second kappa shape index (κ2) is 4.91. The maximum Gasteiger partial charge on any atom is 0.307 e. The molecule has 0 aliphatic heterocycles. The van der Waals surface area contributed by atoms with Gasteiger partial charge in [-0.15, -0.1) is 0 Å². The van der Waals surface area contributed by atoms with Gasteiger partial charge in [-0.3, -0.25) is 9.59 Å². The largest absolute Gasteiger partial charge is 0.481 e. The summed E-state index contributed by atoms with van der Waals surface area (Å²) in [6, 6.07) is 9.37. The van der Waals surface area contributed by atoms with E-state index in [0.29, 0.717) is 12.2 Å². The number of carboxylic acid groups (broad SMARTS) is 1. The molecule has 0 spiro atoms. The van der Waals surface area contributed by atoms with E-state index in [1.165, 1.54) is 0 Å². The maximum absolute atomic E-state index is 12.3. The lowest BCUT2D eigenvalue weighted by Gasteiger charge is -2.23. The van der Waals surface area contributed by atoms with Gasteiger partial charge in [-0.05, 0) is 25.5 Å². The zero-order valence-corrected chi connectivity index (χ0v) is 11.9. The highest BCUT2D eigenvalue weighted by molar-refractivity contribution is 5.89. The topological polar surface area (TPSA) is 70.8 Å². The Labute approximate surface area is 122 Å². The van der Waals surface area contributed by atoms with Crippen LogP contribution in [0.3, 0.4) is 0 Å². The van der Waals surface area contributed by atoms with Crippen molar-refractivity contribution in [2.75, 3.05) is 7.05 Å². The van der Waals surface area contributed by atoms with Gasteiger partial charge in [0.05, 0.1) is 17.9 Å². The molecule has 3 atom stereocenters. The number of rotatable bonds is 4. The van der Waals surface area contributed by atoms with Crippen LogP contribution in [0.2, 0.25) is 0 Å². The average molecular weight is 287 g/mol. The van der Waals surface area contributed by atoms with Crippen molar-refractivity contribution in [2.24, 2.45) is 11.8 Å². The zero-order valence-electron chi connectivity index (χ0n) is 11.9. The lowest BCUT2D eigenvalue weighted by Crippen LogP contribution is -2.31. The Hall–Kier alpha value is -2.30. The van der Waals surface area contributed by atoms with Crippen LogP contribution in [-0.2, 0) is 9.59 Å². The van der Waals surface area contributed by atoms with Crippen LogP contribution in [0.4, 0.5) is 0 Å². The van der Waals surface area contributed by atoms with Gasteiger partial charge in [0.15, 0.2) is 0 Å². The molecular weight excluding hydrogens is 270 g/mol. The van der Waals surface area contributed by atoms with Gasteiger partial charge < -0.3 is 14.4 Å². The van der Waals surface area contributed by atoms with Gasteiger partial charge in [-0.1, -0.05) is 18.2 Å². The summed E-state index contributed by atoms with van der Waals surface area (Å²) in [5.41, 5.74) is 0.787. The van der Waals surface area contributed by atoms with E-state index >= 15 is 0 Å². The second-order valence-corrected chi connectivity index (χ2v) is 5.60. The van der Waals surface area contributed by atoms with E-state index in [9.17, 15) is 9.59 Å². The van der Waals surface area contributed by atoms with Crippen molar-refractivity contribution in [2.45, 2.75) is 19.4 Å². The van der Waals surface area contributed by atoms with Crippen LogP contribution < -0.4 is 0 Å². The average Bonchev–Trinajstić information content (AvgIpc) is 3.16. The molecule has 0 bridgehead atoms. The summed E-state index contributed by atoms with van der Waals surface area (Å²) in [7, 11) is 1.69. The van der Waals surface area contributed by atoms with Gasteiger partial charge in [-0.25, -0.2) is 0 Å². The third-order valence-corrected chi connectivity index (χ3v) is 4.21. The summed E-state index contributed by atoms with van der Waals surface area (Å²) in [6.07, 6.45) is 0.436. The number of carbonyl (C=O) groups excluding carboxylic acids is 1. The van der Waals surface area contributed by atoms with Gasteiger partial charge in [0.2, 0.25) is 5.91 Å². The lowest BCUT2D eigenvalue weighted by molar-refractivity contribution is -0.142. The first-order valence-corrected chi connectivity index (χ1v) is 6.97. The summed E-state index contributed by atoms with van der Waals surface area (Å²) in [5, 5.41) is 9.91. The van der Waals surface area contributed by atoms with Gasteiger partial charge in [0.25, 0.3) is 0 Å². The fraction of sp³-hybridized carbons (Fsp3) is 0.375. The molecule has 1 aromatic heterocycles. The molecule has 1 N–H and O–H groups in total. The van der Waals surface area contributed by atoms with Gasteiger partial charge >= 0.3 is 5.97 Å². The van der Waals surface area contributed by atoms with E-state index < -0.39 is 11.9 Å². The monoisotopic (exact) mass is 287 g/mol. The first-order valence-electron chi connectivity index (χ1n) is 6.97. The van der Waals surface area contributed by atoms with Crippen molar-refractivity contribution >= 4 is 22.8 Å². The molecule has 1 saturated carbocycles. The molecule has 1 aliphatic rings. The molecule has 1 fully saturated rings. The first-order chi connectivity index (χ1) is 9.99. The number of carboxylic acids is 1. The van der Waals surface area contributed by atoms with Crippen LogP contribution in [-0.4, -0.2) is 28.9 Å². The van der Waals surface area contributed by atoms with Crippen molar-refractivity contribution in [1.29, 1.82) is 0 Å². The smallest absolute Gasteiger partial charge is 0.307 e. The molecule has 110 valence electrons. The third-order valence-electron chi connectivity index (χ3n) is 4.21. The standard InChI is InChI=1S/C16H17NO4/c1-9(14-7-10-5-3-4-6-13(10)21-14)17(2)15(18)11-8-12(11)16(19)20/h3-7,9,11-12H,8H2,1-2H3,(H,19,20)/t9?,11-,12+/m1/s1. The number of hydrogen-bond donors (Lipinski definition) is 1. The van der Waals surface area contributed by atoms with Crippen LogP contribution in [0.15, 0.2) is 34.7 Å². The van der Waals surface area contributed by atoms with E-state index in [2.05, 4.69) is 0 Å². The van der Waals surface area contributed by atoms with Gasteiger partial charge in [0, 0.05) is 12.4 Å². The Morgan fingerprint density at radius 1 is 1.33 bits per heavy atom. The summed E-state index contributed by atoms with van der Waals surface area (Å²) in [6.45, 7) is 1.88. The molecule has 3 rings (SSSR count). The molecule has 21 heavy (non-hydrogen) atoms. The van der Waals surface area contributed by atoms with Gasteiger partial charge in [0.1, 0.15) is 11.3 Å². The fourth-order valence-electron chi connectivity index (χ4n) is 2.59. The van der Waals surface area contributed by atoms with Crippen LogP contribution in [0.5, 0.6) is 0 Å². The van der Waals surface area contributed by atoms with Crippen molar-refractivity contribution in [3.05, 3.63) is 36.1 Å². The Kier molecular flexibility index (Phi) is 3.20. The summed E-state index contributed by atoms with van der Waals surface area (Å²) >= 11 is 0. The normalized spacial score (nSPS) is 22.0. The fourth-order valence-corrected chi connectivity index (χ4v) is 2.59. The first kappa shape index (κ1) is 13.7. The number of carbonyl (C=O) groups is 2. The van der Waals surface area contributed by atoms with E-state index in [1.807, 2.05) is 37.3 Å². The highest BCUT2D eigenvalue weighted by atomic mass is 16.4. The number of furan rings is 1. The summed E-state index contributed by atoms with van der Waals surface area (Å²) < 4.78 is 5.77. The second-order valence-electron chi connectivity index (χ2n) is 5.60. The van der Waals surface area contributed by atoms with E-state index in [0.717, 1.165) is 11.0 Å². The summed E-state index contributed by atoms with van der Waals surface area (Å²) in [4.78, 5) is 24.7. The molecule has 5 heteroatoms. The maximum atomic E-state index is 12.3. The number of nitrogens with zero attached hydrogens (tertiary/aromatic N) is 1. The molecular formula is C16H17NO4.